The van der Waals surface area contributed by atoms with E-state index >= 15 is 0 Å². The number of rotatable bonds is 4. The van der Waals surface area contributed by atoms with Gasteiger partial charge in [0.05, 0.1) is 24.8 Å². The maximum absolute atomic E-state index is 13.7. The number of hydrogen-bond donors (Lipinski definition) is 1. The fourth-order valence-electron chi connectivity index (χ4n) is 1.57. The number of hydrogen-bond acceptors (Lipinski definition) is 4. The van der Waals surface area contributed by atoms with Crippen LogP contribution in [0.4, 0.5) is 28.9 Å². The highest BCUT2D eigenvalue weighted by Gasteiger charge is 2.28. The first-order valence-electron chi connectivity index (χ1n) is 5.61. The molecule has 0 saturated heterocycles. The van der Waals surface area contributed by atoms with Gasteiger partial charge in [-0.25, -0.2) is 9.18 Å². The molecule has 1 rings (SSSR count). The minimum atomic E-state index is -4.34. The van der Waals surface area contributed by atoms with Gasteiger partial charge in [0.25, 0.3) is 0 Å². The molecule has 0 aromatic heterocycles. The van der Waals surface area contributed by atoms with E-state index in [1.54, 1.807) is 0 Å². The largest absolute Gasteiger partial charge is 0.465 e. The zero-order chi connectivity index (χ0) is 15.5. The van der Waals surface area contributed by atoms with Gasteiger partial charge >= 0.3 is 12.1 Å². The number of benzene rings is 1. The Bertz CT molecular complexity index is 503. The number of alkyl halides is 3. The molecule has 4 nitrogen and oxygen atoms in total. The van der Waals surface area contributed by atoms with Crippen LogP contribution in [0.1, 0.15) is 16.8 Å². The number of nitrogens with two attached hydrogens (primary N) is 1. The molecule has 0 atom stereocenters. The number of esters is 1. The second-order valence-corrected chi connectivity index (χ2v) is 4.17. The number of carbonyl (C=O) groups excluding carboxylic acids is 1. The van der Waals surface area contributed by atoms with Gasteiger partial charge in [-0.05, 0) is 12.1 Å². The number of carbonyl (C=O) groups is 1. The molecule has 0 unspecified atom stereocenters. The SMILES string of the molecule is COC(=O)c1cc(N(C)CCC(F)(F)F)c(F)cc1N. The number of methoxy groups -OCH3 is 1. The van der Waals surface area contributed by atoms with Crippen molar-refractivity contribution in [2.24, 2.45) is 0 Å². The zero-order valence-corrected chi connectivity index (χ0v) is 10.9. The minimum absolute atomic E-state index is 0.0947. The van der Waals surface area contributed by atoms with Crippen LogP contribution in [0.15, 0.2) is 12.1 Å². The molecule has 1 aromatic rings. The summed E-state index contributed by atoms with van der Waals surface area (Å²) in [6.45, 7) is -0.440. The van der Waals surface area contributed by atoms with Crippen molar-refractivity contribution in [2.45, 2.75) is 12.6 Å². The van der Waals surface area contributed by atoms with Crippen LogP contribution >= 0.6 is 0 Å². The second kappa shape index (κ2) is 5.98. The van der Waals surface area contributed by atoms with Crippen molar-refractivity contribution in [3.05, 3.63) is 23.5 Å². The van der Waals surface area contributed by atoms with Crippen LogP contribution in [-0.2, 0) is 4.74 Å². The van der Waals surface area contributed by atoms with E-state index in [-0.39, 0.29) is 16.9 Å². The molecule has 2 N–H and O–H groups in total. The molecular formula is C12H14F4N2O2. The first kappa shape index (κ1) is 16.1. The van der Waals surface area contributed by atoms with E-state index < -0.39 is 30.9 Å². The van der Waals surface area contributed by atoms with E-state index in [2.05, 4.69) is 4.74 Å². The van der Waals surface area contributed by atoms with Gasteiger partial charge in [0.1, 0.15) is 5.82 Å². The molecule has 1 aromatic carbocycles. The third-order valence-electron chi connectivity index (χ3n) is 2.67. The monoisotopic (exact) mass is 294 g/mol. The maximum atomic E-state index is 13.7. The molecule has 0 saturated carbocycles. The molecule has 0 amide bonds. The molecule has 112 valence electrons. The Morgan fingerprint density at radius 2 is 2.00 bits per heavy atom. The Labute approximate surface area is 113 Å². The van der Waals surface area contributed by atoms with Crippen molar-refractivity contribution in [3.63, 3.8) is 0 Å². The summed E-state index contributed by atoms with van der Waals surface area (Å²) >= 11 is 0. The van der Waals surface area contributed by atoms with Gasteiger partial charge in [-0.2, -0.15) is 13.2 Å². The first-order chi connectivity index (χ1) is 9.15. The molecule has 0 spiro atoms. The maximum Gasteiger partial charge on any atom is 0.390 e. The van der Waals surface area contributed by atoms with E-state index in [1.165, 1.54) is 7.05 Å². The number of nitrogens with zero attached hydrogens (tertiary/aromatic N) is 1. The molecule has 0 heterocycles. The summed E-state index contributed by atoms with van der Waals surface area (Å²) in [6, 6.07) is 1.96. The topological polar surface area (TPSA) is 55.6 Å². The summed E-state index contributed by atoms with van der Waals surface area (Å²) in [6.07, 6.45) is -5.44. The Kier molecular flexibility index (Phi) is 4.80. The number of anilines is 2. The van der Waals surface area contributed by atoms with Crippen LogP contribution in [0.3, 0.4) is 0 Å². The predicted molar refractivity (Wildman–Crippen MR) is 66.1 cm³/mol. The zero-order valence-electron chi connectivity index (χ0n) is 10.9. The van der Waals surface area contributed by atoms with Crippen molar-refractivity contribution < 1.29 is 27.1 Å². The predicted octanol–water partition coefficient (Wildman–Crippen LogP) is 2.58. The van der Waals surface area contributed by atoms with Crippen LogP contribution in [0.2, 0.25) is 0 Å². The summed E-state index contributed by atoms with van der Waals surface area (Å²) in [4.78, 5) is 12.5. The van der Waals surface area contributed by atoms with Crippen LogP contribution in [0.5, 0.6) is 0 Å². The number of halogens is 4. The summed E-state index contributed by atoms with van der Waals surface area (Å²) in [5.41, 5.74) is 5.09. The Hall–Kier alpha value is -1.99. The van der Waals surface area contributed by atoms with Crippen molar-refractivity contribution >= 4 is 17.3 Å². The smallest absolute Gasteiger partial charge is 0.390 e. The number of ether oxygens (including phenoxy) is 1. The summed E-state index contributed by atoms with van der Waals surface area (Å²) < 4.78 is 54.6. The van der Waals surface area contributed by atoms with Crippen LogP contribution in [0.25, 0.3) is 0 Å². The van der Waals surface area contributed by atoms with Gasteiger partial charge in [0.15, 0.2) is 0 Å². The molecular weight excluding hydrogens is 280 g/mol. The lowest BCUT2D eigenvalue weighted by molar-refractivity contribution is -0.132. The van der Waals surface area contributed by atoms with Gasteiger partial charge in [-0.1, -0.05) is 0 Å². The van der Waals surface area contributed by atoms with Crippen LogP contribution in [0, 0.1) is 5.82 Å². The normalized spacial score (nSPS) is 11.3. The summed E-state index contributed by atoms with van der Waals surface area (Å²) in [5.74, 6) is -1.59. The third-order valence-corrected chi connectivity index (χ3v) is 2.67. The fourth-order valence-corrected chi connectivity index (χ4v) is 1.57. The van der Waals surface area contributed by atoms with Crippen molar-refractivity contribution in [1.29, 1.82) is 0 Å². The second-order valence-electron chi connectivity index (χ2n) is 4.17. The Morgan fingerprint density at radius 3 is 2.50 bits per heavy atom. The highest BCUT2D eigenvalue weighted by Crippen LogP contribution is 2.27. The van der Waals surface area contributed by atoms with E-state index in [4.69, 9.17) is 5.73 Å². The fraction of sp³-hybridized carbons (Fsp3) is 0.417. The third kappa shape index (κ3) is 4.01. The summed E-state index contributed by atoms with van der Waals surface area (Å²) in [7, 11) is 2.42. The lowest BCUT2D eigenvalue weighted by atomic mass is 10.1. The van der Waals surface area contributed by atoms with Gasteiger partial charge in [0.2, 0.25) is 0 Å². The average molecular weight is 294 g/mol. The van der Waals surface area contributed by atoms with Crippen LogP contribution < -0.4 is 10.6 Å². The van der Waals surface area contributed by atoms with E-state index in [0.717, 1.165) is 24.1 Å². The summed E-state index contributed by atoms with van der Waals surface area (Å²) in [5, 5.41) is 0. The molecule has 0 aliphatic rings. The lowest BCUT2D eigenvalue weighted by Crippen LogP contribution is -2.25. The van der Waals surface area contributed by atoms with Crippen molar-refractivity contribution in [1.82, 2.24) is 0 Å². The quantitative estimate of drug-likeness (QED) is 0.527. The van der Waals surface area contributed by atoms with Gasteiger partial charge in [0, 0.05) is 19.3 Å². The van der Waals surface area contributed by atoms with Crippen LogP contribution in [-0.4, -0.2) is 32.8 Å². The van der Waals surface area contributed by atoms with Crippen molar-refractivity contribution in [2.75, 3.05) is 31.3 Å². The molecule has 20 heavy (non-hydrogen) atoms. The van der Waals surface area contributed by atoms with E-state index in [0.29, 0.717) is 0 Å². The first-order valence-corrected chi connectivity index (χ1v) is 5.61. The van der Waals surface area contributed by atoms with Crippen molar-refractivity contribution in [3.8, 4) is 0 Å². The lowest BCUT2D eigenvalue weighted by Gasteiger charge is -2.21. The minimum Gasteiger partial charge on any atom is -0.465 e. The number of nitrogen functional groups attached to an aromatic ring is 1. The van der Waals surface area contributed by atoms with Gasteiger partial charge in [-0.15, -0.1) is 0 Å². The average Bonchev–Trinajstić information content (AvgIpc) is 2.34. The standard InChI is InChI=1S/C12H14F4N2O2/c1-18(4-3-12(14,15)16)10-5-7(11(19)20-2)9(17)6-8(10)13/h5-6H,3-4,17H2,1-2H3. The molecule has 0 aliphatic heterocycles. The molecule has 0 fully saturated rings. The molecule has 8 heteroatoms. The highest BCUT2D eigenvalue weighted by atomic mass is 19.4. The molecule has 0 aliphatic carbocycles. The highest BCUT2D eigenvalue weighted by molar-refractivity contribution is 5.96. The molecule has 0 radical (unpaired) electrons. The Morgan fingerprint density at radius 1 is 1.40 bits per heavy atom. The molecule has 0 bridgehead atoms. The Balaban J connectivity index is 3.02. The van der Waals surface area contributed by atoms with Gasteiger partial charge in [-0.3, -0.25) is 0 Å². The van der Waals surface area contributed by atoms with E-state index in [9.17, 15) is 22.4 Å². The van der Waals surface area contributed by atoms with Gasteiger partial charge < -0.3 is 15.4 Å². The van der Waals surface area contributed by atoms with E-state index in [1.807, 2.05) is 0 Å².